The predicted molar refractivity (Wildman–Crippen MR) is 111 cm³/mol. The summed E-state index contributed by atoms with van der Waals surface area (Å²) in [6, 6.07) is 4.46. The van der Waals surface area contributed by atoms with Crippen molar-refractivity contribution in [3.05, 3.63) is 52.1 Å². The van der Waals surface area contributed by atoms with E-state index >= 15 is 0 Å². The van der Waals surface area contributed by atoms with Crippen molar-refractivity contribution in [2.45, 2.75) is 25.4 Å². The van der Waals surface area contributed by atoms with Gasteiger partial charge in [-0.05, 0) is 25.0 Å². The highest BCUT2D eigenvalue weighted by Gasteiger charge is 2.26. The molecule has 1 aromatic carbocycles. The molecule has 3 aromatic rings. The number of aromatic nitrogens is 4. The molecule has 0 spiro atoms. The number of hydrogen-bond donors (Lipinski definition) is 4. The maximum Gasteiger partial charge on any atom is 0.326 e. The number of amides is 3. The minimum Gasteiger partial charge on any atom is -0.351 e. The number of imide groups is 1. The van der Waals surface area contributed by atoms with Crippen molar-refractivity contribution in [1.29, 1.82) is 0 Å². The Bertz CT molecular complexity index is 1250. The first kappa shape index (κ1) is 19.2. The van der Waals surface area contributed by atoms with Gasteiger partial charge in [-0.25, -0.2) is 9.18 Å². The van der Waals surface area contributed by atoms with Gasteiger partial charge in [-0.15, -0.1) is 0 Å². The van der Waals surface area contributed by atoms with Crippen LogP contribution < -0.4 is 21.3 Å². The molecule has 12 heteroatoms. The fourth-order valence-corrected chi connectivity index (χ4v) is 3.27. The third-order valence-electron chi connectivity index (χ3n) is 4.79. The zero-order valence-electron chi connectivity index (χ0n) is 15.9. The molecule has 3 amide bonds. The lowest BCUT2D eigenvalue weighted by atomic mass is 10.2. The zero-order valence-corrected chi connectivity index (χ0v) is 16.7. The average Bonchev–Trinajstić information content (AvgIpc) is 3.37. The topological polar surface area (TPSA) is 125 Å². The van der Waals surface area contributed by atoms with E-state index < -0.39 is 17.8 Å². The third kappa shape index (κ3) is 3.87. The van der Waals surface area contributed by atoms with Crippen molar-refractivity contribution in [2.24, 2.45) is 0 Å². The summed E-state index contributed by atoms with van der Waals surface area (Å²) in [6.45, 7) is 0.120. The number of halogens is 2. The van der Waals surface area contributed by atoms with Gasteiger partial charge in [0.25, 0.3) is 5.91 Å². The van der Waals surface area contributed by atoms with Crippen molar-refractivity contribution in [3.8, 4) is 0 Å². The Kier molecular flexibility index (Phi) is 4.66. The van der Waals surface area contributed by atoms with Crippen molar-refractivity contribution in [3.63, 3.8) is 0 Å². The molecule has 0 radical (unpaired) electrons. The summed E-state index contributed by atoms with van der Waals surface area (Å²) in [7, 11) is 0. The van der Waals surface area contributed by atoms with Gasteiger partial charge in [0.2, 0.25) is 11.9 Å². The molecule has 2 fully saturated rings. The van der Waals surface area contributed by atoms with Crippen molar-refractivity contribution in [2.75, 3.05) is 10.6 Å². The monoisotopic (exact) mass is 442 g/mol. The van der Waals surface area contributed by atoms with E-state index in [1.165, 1.54) is 22.9 Å². The second kappa shape index (κ2) is 7.51. The van der Waals surface area contributed by atoms with Crippen molar-refractivity contribution >= 4 is 47.2 Å². The smallest absolute Gasteiger partial charge is 0.326 e. The number of nitrogens with one attached hydrogen (secondary N) is 4. The summed E-state index contributed by atoms with van der Waals surface area (Å²) in [4.78, 5) is 32.2. The van der Waals surface area contributed by atoms with Gasteiger partial charge in [0.05, 0.1) is 11.2 Å². The van der Waals surface area contributed by atoms with E-state index in [2.05, 4.69) is 36.3 Å². The lowest BCUT2D eigenvalue weighted by Gasteiger charge is -2.11. The molecule has 3 heterocycles. The van der Waals surface area contributed by atoms with E-state index in [0.717, 1.165) is 12.8 Å². The van der Waals surface area contributed by atoms with E-state index in [-0.39, 0.29) is 23.2 Å². The molecule has 2 aliphatic rings. The van der Waals surface area contributed by atoms with Crippen LogP contribution in [0.2, 0.25) is 5.02 Å². The molecule has 10 nitrogen and oxygen atoms in total. The molecule has 0 unspecified atom stereocenters. The molecule has 1 aliphatic carbocycles. The summed E-state index contributed by atoms with van der Waals surface area (Å²) in [6.07, 6.45) is 5.04. The van der Waals surface area contributed by atoms with Gasteiger partial charge in [0, 0.05) is 23.7 Å². The number of carbonyl (C=O) groups is 2. The molecule has 4 N–H and O–H groups in total. The molecule has 0 atom stereocenters. The Hall–Kier alpha value is -3.73. The van der Waals surface area contributed by atoms with Gasteiger partial charge in [-0.1, -0.05) is 23.7 Å². The molecule has 31 heavy (non-hydrogen) atoms. The van der Waals surface area contributed by atoms with E-state index in [9.17, 15) is 14.0 Å². The molecular formula is C19H16ClFN8O2. The van der Waals surface area contributed by atoms with Crippen LogP contribution in [0, 0.1) is 5.82 Å². The van der Waals surface area contributed by atoms with Crippen LogP contribution in [0.5, 0.6) is 0 Å². The maximum absolute atomic E-state index is 14.2. The normalized spacial score (nSPS) is 17.2. The molecule has 158 valence electrons. The number of benzene rings is 1. The zero-order chi connectivity index (χ0) is 21.5. The quantitative estimate of drug-likeness (QED) is 0.341. The molecule has 1 saturated heterocycles. The highest BCUT2D eigenvalue weighted by molar-refractivity contribution is 6.30. The number of anilines is 2. The number of carbonyl (C=O) groups excluding carboxylic acids is 2. The van der Waals surface area contributed by atoms with Crippen LogP contribution in [0.1, 0.15) is 24.0 Å². The van der Waals surface area contributed by atoms with Crippen molar-refractivity contribution < 1.29 is 14.0 Å². The van der Waals surface area contributed by atoms with Gasteiger partial charge < -0.3 is 16.0 Å². The van der Waals surface area contributed by atoms with E-state index in [4.69, 9.17) is 11.6 Å². The van der Waals surface area contributed by atoms with E-state index in [0.29, 0.717) is 28.8 Å². The highest BCUT2D eigenvalue weighted by Crippen LogP contribution is 2.26. The lowest BCUT2D eigenvalue weighted by molar-refractivity contribution is -0.115. The predicted octanol–water partition coefficient (Wildman–Crippen LogP) is 2.28. The second-order valence-corrected chi connectivity index (χ2v) is 7.56. The summed E-state index contributed by atoms with van der Waals surface area (Å²) >= 11 is 5.85. The molecule has 5 rings (SSSR count). The number of rotatable bonds is 6. The largest absolute Gasteiger partial charge is 0.351 e. The van der Waals surface area contributed by atoms with Gasteiger partial charge >= 0.3 is 6.03 Å². The number of urea groups is 1. The number of fused-ring (bicyclic) bond motifs is 1. The summed E-state index contributed by atoms with van der Waals surface area (Å²) in [5.41, 5.74) is 1.37. The summed E-state index contributed by atoms with van der Waals surface area (Å²) in [5, 5.41) is 15.2. The summed E-state index contributed by atoms with van der Waals surface area (Å²) in [5.74, 6) is -0.336. The Morgan fingerprint density at radius 1 is 1.26 bits per heavy atom. The average molecular weight is 443 g/mol. The molecule has 2 aromatic heterocycles. The van der Waals surface area contributed by atoms with E-state index in [1.807, 2.05) is 0 Å². The minimum atomic E-state index is -0.593. The Balaban J connectivity index is 1.50. The van der Waals surface area contributed by atoms with Crippen LogP contribution in [0.3, 0.4) is 0 Å². The fraction of sp³-hybridized carbons (Fsp3) is 0.211. The summed E-state index contributed by atoms with van der Waals surface area (Å²) < 4.78 is 15.7. The van der Waals surface area contributed by atoms with Gasteiger partial charge in [-0.3, -0.25) is 10.1 Å². The first-order chi connectivity index (χ1) is 15.0. The standard InChI is InChI=1S/C19H16ClFN8O2/c20-12-3-1-2-9(14(12)21)7-22-17-26-15-10(6-13-16(30)27-19(31)25-13)8-23-29(15)18(28-17)24-11-4-5-11/h1-3,6,8,11H,4-5,7H2,(H2,22,24,26,28)(H2,25,27,30,31)/b13-6-. The Morgan fingerprint density at radius 2 is 2.10 bits per heavy atom. The van der Waals surface area contributed by atoms with E-state index in [1.54, 1.807) is 12.1 Å². The maximum atomic E-state index is 14.2. The van der Waals surface area contributed by atoms with Gasteiger partial charge in [0.1, 0.15) is 11.5 Å². The van der Waals surface area contributed by atoms with Crippen LogP contribution in [-0.2, 0) is 11.3 Å². The second-order valence-electron chi connectivity index (χ2n) is 7.16. The van der Waals surface area contributed by atoms with Crippen LogP contribution in [0.4, 0.5) is 21.1 Å². The SMILES string of the molecule is O=C1NC(=O)/C(=C/c2cnn3c(NC4CC4)nc(NCc4cccc(Cl)c4F)nc23)N1. The number of nitrogens with zero attached hydrogens (tertiary/aromatic N) is 4. The third-order valence-corrected chi connectivity index (χ3v) is 5.09. The molecular weight excluding hydrogens is 427 g/mol. The molecule has 1 saturated carbocycles. The fourth-order valence-electron chi connectivity index (χ4n) is 3.08. The van der Waals surface area contributed by atoms with Crippen LogP contribution in [0.15, 0.2) is 30.1 Å². The highest BCUT2D eigenvalue weighted by atomic mass is 35.5. The van der Waals surface area contributed by atoms with Crippen LogP contribution in [-0.4, -0.2) is 37.6 Å². The first-order valence-corrected chi connectivity index (χ1v) is 9.89. The molecule has 0 bridgehead atoms. The number of hydrogen-bond acceptors (Lipinski definition) is 7. The van der Waals surface area contributed by atoms with Crippen LogP contribution in [0.25, 0.3) is 11.7 Å². The molecule has 1 aliphatic heterocycles. The van der Waals surface area contributed by atoms with Gasteiger partial charge in [0.15, 0.2) is 5.65 Å². The Labute approximate surface area is 179 Å². The minimum absolute atomic E-state index is 0.0355. The Morgan fingerprint density at radius 3 is 2.84 bits per heavy atom. The van der Waals surface area contributed by atoms with Crippen LogP contribution >= 0.6 is 11.6 Å². The first-order valence-electron chi connectivity index (χ1n) is 9.51. The van der Waals surface area contributed by atoms with Crippen molar-refractivity contribution in [1.82, 2.24) is 30.2 Å². The lowest BCUT2D eigenvalue weighted by Crippen LogP contribution is -2.22. The van der Waals surface area contributed by atoms with Gasteiger partial charge in [-0.2, -0.15) is 19.6 Å².